The van der Waals surface area contributed by atoms with E-state index in [4.69, 9.17) is 4.99 Å². The predicted molar refractivity (Wildman–Crippen MR) is 103 cm³/mol. The zero-order chi connectivity index (χ0) is 16.8. The summed E-state index contributed by atoms with van der Waals surface area (Å²) in [6.07, 6.45) is 0.914. The molecule has 3 rings (SSSR count). The third-order valence-electron chi connectivity index (χ3n) is 4.08. The molecule has 1 atom stereocenters. The SMILES string of the molecule is C[C@@H](N=C([Se])c1ccccc1Cc1ccccc1)c1ccccc1. The summed E-state index contributed by atoms with van der Waals surface area (Å²) in [6, 6.07) is 29.6. The molecule has 0 N–H and O–H groups in total. The Kier molecular flexibility index (Phi) is 5.63. The van der Waals surface area contributed by atoms with E-state index in [-0.39, 0.29) is 6.04 Å². The average molecular weight is 377 g/mol. The topological polar surface area (TPSA) is 12.4 Å². The van der Waals surface area contributed by atoms with Gasteiger partial charge in [0.2, 0.25) is 0 Å². The van der Waals surface area contributed by atoms with Crippen LogP contribution in [-0.4, -0.2) is 20.6 Å². The van der Waals surface area contributed by atoms with Crippen molar-refractivity contribution in [3.05, 3.63) is 107 Å². The maximum absolute atomic E-state index is 4.88. The summed E-state index contributed by atoms with van der Waals surface area (Å²) >= 11 is 3.17. The molecule has 0 spiro atoms. The fourth-order valence-corrected chi connectivity index (χ4v) is 3.50. The summed E-state index contributed by atoms with van der Waals surface area (Å²) in [6.45, 7) is 2.13. The summed E-state index contributed by atoms with van der Waals surface area (Å²) < 4.78 is 0.970. The van der Waals surface area contributed by atoms with E-state index >= 15 is 0 Å². The van der Waals surface area contributed by atoms with Gasteiger partial charge in [-0.1, -0.05) is 0 Å². The quantitative estimate of drug-likeness (QED) is 0.441. The number of rotatable bonds is 5. The summed E-state index contributed by atoms with van der Waals surface area (Å²) in [5, 5.41) is 0. The van der Waals surface area contributed by atoms with Gasteiger partial charge < -0.3 is 0 Å². The molecule has 119 valence electrons. The molecule has 2 heteroatoms. The van der Waals surface area contributed by atoms with Crippen LogP contribution in [0.25, 0.3) is 0 Å². The van der Waals surface area contributed by atoms with Gasteiger partial charge in [0, 0.05) is 0 Å². The van der Waals surface area contributed by atoms with Crippen LogP contribution in [0.15, 0.2) is 89.9 Å². The summed E-state index contributed by atoms with van der Waals surface area (Å²) in [5.74, 6) is 0. The molecule has 0 unspecified atom stereocenters. The first kappa shape index (κ1) is 16.7. The second-order valence-corrected chi connectivity index (χ2v) is 6.65. The van der Waals surface area contributed by atoms with Crippen molar-refractivity contribution in [2.24, 2.45) is 4.99 Å². The normalized spacial score (nSPS) is 12.8. The van der Waals surface area contributed by atoms with Crippen LogP contribution in [0.1, 0.15) is 35.2 Å². The number of benzene rings is 3. The van der Waals surface area contributed by atoms with E-state index in [0.29, 0.717) is 0 Å². The van der Waals surface area contributed by atoms with Crippen molar-refractivity contribution in [2.45, 2.75) is 19.4 Å². The van der Waals surface area contributed by atoms with Crippen molar-refractivity contribution < 1.29 is 0 Å². The van der Waals surface area contributed by atoms with Gasteiger partial charge in [0.15, 0.2) is 0 Å². The zero-order valence-electron chi connectivity index (χ0n) is 13.7. The molecular formula is C22H20NSe. The standard InChI is InChI=1S/C22H20NSe/c1-17(19-12-6-3-7-13-19)23-22(24)21-15-9-8-14-20(21)16-18-10-4-2-5-11-18/h2-15,17H,16H2,1H3/t17-/m1/s1. The van der Waals surface area contributed by atoms with Crippen LogP contribution in [0.3, 0.4) is 0 Å². The predicted octanol–water partition coefficient (Wildman–Crippen LogP) is 4.95. The molecular weight excluding hydrogens is 357 g/mol. The molecule has 24 heavy (non-hydrogen) atoms. The molecule has 1 radical (unpaired) electrons. The summed E-state index contributed by atoms with van der Waals surface area (Å²) in [5.41, 5.74) is 5.02. The van der Waals surface area contributed by atoms with E-state index in [1.165, 1.54) is 22.3 Å². The minimum atomic E-state index is 0.132. The van der Waals surface area contributed by atoms with Gasteiger partial charge in [0.25, 0.3) is 0 Å². The van der Waals surface area contributed by atoms with Gasteiger partial charge in [0.1, 0.15) is 0 Å². The van der Waals surface area contributed by atoms with E-state index in [0.717, 1.165) is 11.0 Å². The van der Waals surface area contributed by atoms with Gasteiger partial charge in [-0.25, -0.2) is 0 Å². The van der Waals surface area contributed by atoms with E-state index < -0.39 is 0 Å². The number of hydrogen-bond acceptors (Lipinski definition) is 1. The maximum atomic E-state index is 4.88. The molecule has 0 saturated carbocycles. The van der Waals surface area contributed by atoms with E-state index in [9.17, 15) is 0 Å². The summed E-state index contributed by atoms with van der Waals surface area (Å²) in [4.78, 5) is 4.88. The molecule has 0 amide bonds. The fourth-order valence-electron chi connectivity index (χ4n) is 2.75. The Morgan fingerprint density at radius 3 is 2.12 bits per heavy atom. The fraction of sp³-hybridized carbons (Fsp3) is 0.136. The van der Waals surface area contributed by atoms with Gasteiger partial charge >= 0.3 is 152 Å². The Morgan fingerprint density at radius 1 is 0.833 bits per heavy atom. The van der Waals surface area contributed by atoms with Gasteiger partial charge in [0.05, 0.1) is 0 Å². The molecule has 0 aliphatic carbocycles. The molecule has 0 aliphatic heterocycles. The van der Waals surface area contributed by atoms with Crippen molar-refractivity contribution >= 4 is 20.6 Å². The molecule has 3 aromatic carbocycles. The molecule has 0 aromatic heterocycles. The van der Waals surface area contributed by atoms with Crippen molar-refractivity contribution in [1.82, 2.24) is 0 Å². The van der Waals surface area contributed by atoms with Crippen LogP contribution in [0.4, 0.5) is 0 Å². The van der Waals surface area contributed by atoms with Gasteiger partial charge in [-0.15, -0.1) is 0 Å². The molecule has 0 saturated heterocycles. The second kappa shape index (κ2) is 8.10. The van der Waals surface area contributed by atoms with Crippen LogP contribution in [0, 0.1) is 0 Å². The molecule has 0 bridgehead atoms. The molecule has 3 aromatic rings. The Morgan fingerprint density at radius 2 is 1.42 bits per heavy atom. The number of aliphatic imine (C=N–C) groups is 1. The van der Waals surface area contributed by atoms with E-state index in [2.05, 4.69) is 102 Å². The Balaban J connectivity index is 1.87. The number of nitrogens with zero attached hydrogens (tertiary/aromatic N) is 1. The van der Waals surface area contributed by atoms with Gasteiger partial charge in [-0.3, -0.25) is 0 Å². The Hall–Kier alpha value is -2.15. The Labute approximate surface area is 152 Å². The zero-order valence-corrected chi connectivity index (χ0v) is 15.4. The monoisotopic (exact) mass is 378 g/mol. The van der Waals surface area contributed by atoms with Crippen LogP contribution in [0.5, 0.6) is 0 Å². The third kappa shape index (κ3) is 4.23. The first-order chi connectivity index (χ1) is 11.7. The minimum absolute atomic E-state index is 0.132. The van der Waals surface area contributed by atoms with Crippen molar-refractivity contribution in [3.8, 4) is 0 Å². The molecule has 0 fully saturated rings. The van der Waals surface area contributed by atoms with E-state index in [1.54, 1.807) is 0 Å². The van der Waals surface area contributed by atoms with Crippen molar-refractivity contribution in [2.75, 3.05) is 0 Å². The van der Waals surface area contributed by atoms with Crippen LogP contribution in [-0.2, 0) is 6.42 Å². The van der Waals surface area contributed by atoms with Crippen LogP contribution < -0.4 is 0 Å². The van der Waals surface area contributed by atoms with Gasteiger partial charge in [-0.2, -0.15) is 0 Å². The average Bonchev–Trinajstić information content (AvgIpc) is 2.63. The van der Waals surface area contributed by atoms with Crippen LogP contribution >= 0.6 is 0 Å². The Bertz CT molecular complexity index is 810. The first-order valence-electron chi connectivity index (χ1n) is 8.16. The van der Waals surface area contributed by atoms with Gasteiger partial charge in [-0.05, 0) is 0 Å². The summed E-state index contributed by atoms with van der Waals surface area (Å²) in [7, 11) is 0. The molecule has 0 heterocycles. The number of hydrogen-bond donors (Lipinski definition) is 0. The first-order valence-corrected chi connectivity index (χ1v) is 9.01. The third-order valence-corrected chi connectivity index (χ3v) is 4.76. The second-order valence-electron chi connectivity index (χ2n) is 5.84. The van der Waals surface area contributed by atoms with Crippen molar-refractivity contribution in [1.29, 1.82) is 0 Å². The van der Waals surface area contributed by atoms with Crippen LogP contribution in [0.2, 0.25) is 0 Å². The molecule has 1 nitrogen and oxygen atoms in total. The van der Waals surface area contributed by atoms with Crippen molar-refractivity contribution in [3.63, 3.8) is 0 Å². The van der Waals surface area contributed by atoms with E-state index in [1.807, 2.05) is 6.07 Å². The molecule has 0 aliphatic rings.